The number of Topliss-reactive ketones (excluding diaryl/α,β-unsaturated/α-hetero) is 1. The van der Waals surface area contributed by atoms with Crippen molar-refractivity contribution in [2.24, 2.45) is 0 Å². The molecule has 0 fully saturated rings. The monoisotopic (exact) mass is 475 g/mol. The summed E-state index contributed by atoms with van der Waals surface area (Å²) >= 11 is 1.48. The predicted octanol–water partition coefficient (Wildman–Crippen LogP) is 3.72. The Kier molecular flexibility index (Phi) is 5.62. The molecule has 5 rings (SSSR count). The highest BCUT2D eigenvalue weighted by atomic mass is 32.1. The number of fused-ring (bicyclic) bond motifs is 2. The molecule has 0 N–H and O–H groups in total. The molecule has 0 saturated carbocycles. The molecule has 2 amide bonds. The van der Waals surface area contributed by atoms with Crippen molar-refractivity contribution in [1.29, 1.82) is 0 Å². The van der Waals surface area contributed by atoms with E-state index in [1.54, 1.807) is 42.8 Å². The Morgan fingerprint density at radius 2 is 1.85 bits per heavy atom. The maximum atomic E-state index is 13.5. The summed E-state index contributed by atoms with van der Waals surface area (Å²) in [5.74, 6) is 0.260. The number of benzene rings is 2. The molecule has 0 spiro atoms. The molecule has 1 aromatic heterocycles. The Bertz CT molecular complexity index is 1300. The normalized spacial score (nSPS) is 15.7. The maximum absolute atomic E-state index is 13.5. The minimum atomic E-state index is -0.799. The summed E-state index contributed by atoms with van der Waals surface area (Å²) in [5.41, 5.74) is 4.75. The second-order valence-electron chi connectivity index (χ2n) is 7.91. The largest absolute Gasteiger partial charge is 0.482 e. The highest BCUT2D eigenvalue weighted by Gasteiger charge is 2.35. The third kappa shape index (κ3) is 3.73. The van der Waals surface area contributed by atoms with Crippen LogP contribution in [0.2, 0.25) is 0 Å². The summed E-state index contributed by atoms with van der Waals surface area (Å²) in [4.78, 5) is 46.1. The number of thiazole rings is 1. The second kappa shape index (κ2) is 8.75. The topological polar surface area (TPSA) is 89.0 Å². The lowest BCUT2D eigenvalue weighted by molar-refractivity contribution is -0.122. The van der Waals surface area contributed by atoms with Gasteiger partial charge in [-0.3, -0.25) is 19.3 Å². The van der Waals surface area contributed by atoms with E-state index >= 15 is 0 Å². The van der Waals surface area contributed by atoms with Gasteiger partial charge in [-0.2, -0.15) is 0 Å². The van der Waals surface area contributed by atoms with Crippen LogP contribution in [0.5, 0.6) is 11.5 Å². The number of hydrogen-bond donors (Lipinski definition) is 0. The van der Waals surface area contributed by atoms with Crippen LogP contribution in [-0.2, 0) is 9.59 Å². The van der Waals surface area contributed by atoms with Crippen LogP contribution in [0.15, 0.2) is 59.9 Å². The zero-order chi connectivity index (χ0) is 23.8. The summed E-state index contributed by atoms with van der Waals surface area (Å²) in [6, 6.07) is 9.64. The van der Waals surface area contributed by atoms with Gasteiger partial charge >= 0.3 is 0 Å². The molecular formula is C25H21N3O5S. The molecule has 34 heavy (non-hydrogen) atoms. The molecular weight excluding hydrogens is 454 g/mol. The maximum Gasteiger partial charge on any atom is 0.265 e. The molecule has 0 saturated heterocycles. The van der Waals surface area contributed by atoms with Crippen molar-refractivity contribution in [2.75, 3.05) is 29.6 Å². The summed E-state index contributed by atoms with van der Waals surface area (Å²) in [5, 5.41) is 1.91. The predicted molar refractivity (Wildman–Crippen MR) is 129 cm³/mol. The van der Waals surface area contributed by atoms with Crippen molar-refractivity contribution in [3.63, 3.8) is 0 Å². The quantitative estimate of drug-likeness (QED) is 0.399. The fourth-order valence-electron chi connectivity index (χ4n) is 4.15. The van der Waals surface area contributed by atoms with E-state index in [9.17, 15) is 14.4 Å². The van der Waals surface area contributed by atoms with Crippen LogP contribution in [0.1, 0.15) is 17.3 Å². The molecule has 0 radical (unpaired) electrons. The van der Waals surface area contributed by atoms with E-state index in [-0.39, 0.29) is 30.8 Å². The smallest absolute Gasteiger partial charge is 0.265 e. The average Bonchev–Trinajstić information content (AvgIpc) is 3.39. The molecule has 2 aliphatic heterocycles. The van der Waals surface area contributed by atoms with Crippen LogP contribution in [0.4, 0.5) is 11.4 Å². The first kappa shape index (κ1) is 21.8. The SMILES string of the molecule is C=CCN1C(=O)COc2ccc(C(=O)C(C)N3C(=O)COc4ccc(-c5cscn5)cc43)cc21. The highest BCUT2D eigenvalue weighted by Crippen LogP contribution is 2.38. The molecule has 8 nitrogen and oxygen atoms in total. The van der Waals surface area contributed by atoms with Gasteiger partial charge in [0.25, 0.3) is 11.8 Å². The standard InChI is InChI=1S/C25H21N3O5S/c1-3-8-27-19-10-17(5-7-21(19)32-11-23(27)29)25(31)15(2)28-20-9-16(18-13-34-14-26-18)4-6-22(20)33-12-24(28)30/h3-7,9-10,13-15H,1,8,11-12H2,2H3. The molecule has 2 aliphatic rings. The van der Waals surface area contributed by atoms with Gasteiger partial charge in [-0.05, 0) is 43.3 Å². The zero-order valence-corrected chi connectivity index (χ0v) is 19.2. The number of anilines is 2. The Labute approximate surface area is 200 Å². The number of amides is 2. The number of carbonyl (C=O) groups excluding carboxylic acids is 3. The van der Waals surface area contributed by atoms with Crippen LogP contribution >= 0.6 is 11.3 Å². The molecule has 9 heteroatoms. The molecule has 3 aromatic rings. The third-order valence-electron chi connectivity index (χ3n) is 5.83. The number of nitrogens with zero attached hydrogens (tertiary/aromatic N) is 3. The number of ketones is 1. The Morgan fingerprint density at radius 1 is 1.12 bits per heavy atom. The molecule has 2 aromatic carbocycles. The van der Waals surface area contributed by atoms with E-state index in [2.05, 4.69) is 11.6 Å². The molecule has 1 atom stereocenters. The number of rotatable bonds is 6. The van der Waals surface area contributed by atoms with E-state index < -0.39 is 6.04 Å². The van der Waals surface area contributed by atoms with Crippen LogP contribution in [0, 0.1) is 0 Å². The lowest BCUT2D eigenvalue weighted by Gasteiger charge is -2.34. The van der Waals surface area contributed by atoms with Crippen LogP contribution in [0.3, 0.4) is 0 Å². The highest BCUT2D eigenvalue weighted by molar-refractivity contribution is 7.07. The fraction of sp³-hybridized carbons (Fsp3) is 0.200. The van der Waals surface area contributed by atoms with E-state index in [0.29, 0.717) is 35.0 Å². The zero-order valence-electron chi connectivity index (χ0n) is 18.4. The van der Waals surface area contributed by atoms with Crippen molar-refractivity contribution in [3.8, 4) is 22.8 Å². The summed E-state index contributed by atoms with van der Waals surface area (Å²) < 4.78 is 11.1. The first-order valence-electron chi connectivity index (χ1n) is 10.7. The van der Waals surface area contributed by atoms with Gasteiger partial charge in [0, 0.05) is 23.1 Å². The van der Waals surface area contributed by atoms with Crippen LogP contribution in [0.25, 0.3) is 11.3 Å². The lowest BCUT2D eigenvalue weighted by Crippen LogP contribution is -2.48. The van der Waals surface area contributed by atoms with Gasteiger partial charge in [-0.25, -0.2) is 4.98 Å². The second-order valence-corrected chi connectivity index (χ2v) is 8.63. The molecule has 0 bridgehead atoms. The van der Waals surface area contributed by atoms with Crippen LogP contribution in [-0.4, -0.2) is 48.4 Å². The Hall–Kier alpha value is -3.98. The van der Waals surface area contributed by atoms with E-state index in [4.69, 9.17) is 9.47 Å². The third-order valence-corrected chi connectivity index (χ3v) is 6.42. The summed E-state index contributed by atoms with van der Waals surface area (Å²) in [6.07, 6.45) is 1.62. The van der Waals surface area contributed by atoms with Crippen molar-refractivity contribution < 1.29 is 23.9 Å². The van der Waals surface area contributed by atoms with E-state index in [0.717, 1.165) is 11.3 Å². The Balaban J connectivity index is 1.50. The van der Waals surface area contributed by atoms with Gasteiger partial charge in [0.1, 0.15) is 11.5 Å². The molecule has 1 unspecified atom stereocenters. The van der Waals surface area contributed by atoms with Gasteiger partial charge in [-0.15, -0.1) is 17.9 Å². The van der Waals surface area contributed by atoms with Gasteiger partial charge in [-0.1, -0.05) is 6.08 Å². The van der Waals surface area contributed by atoms with Gasteiger partial charge < -0.3 is 14.4 Å². The number of ether oxygens (including phenoxy) is 2. The van der Waals surface area contributed by atoms with Gasteiger partial charge in [0.2, 0.25) is 0 Å². The minimum absolute atomic E-state index is 0.0646. The number of hydrogen-bond acceptors (Lipinski definition) is 7. The van der Waals surface area contributed by atoms with Crippen LogP contribution < -0.4 is 19.3 Å². The molecule has 3 heterocycles. The van der Waals surface area contributed by atoms with Crippen molar-refractivity contribution in [2.45, 2.75) is 13.0 Å². The molecule has 0 aliphatic carbocycles. The first-order chi connectivity index (χ1) is 16.5. The average molecular weight is 476 g/mol. The minimum Gasteiger partial charge on any atom is -0.482 e. The van der Waals surface area contributed by atoms with E-state index in [1.165, 1.54) is 21.1 Å². The first-order valence-corrected chi connectivity index (χ1v) is 11.6. The number of carbonyl (C=O) groups is 3. The lowest BCUT2D eigenvalue weighted by atomic mass is 10.0. The number of aromatic nitrogens is 1. The van der Waals surface area contributed by atoms with Crippen molar-refractivity contribution in [3.05, 3.63) is 65.5 Å². The van der Waals surface area contributed by atoms with Gasteiger partial charge in [0.05, 0.1) is 28.6 Å². The van der Waals surface area contributed by atoms with Gasteiger partial charge in [0.15, 0.2) is 19.0 Å². The summed E-state index contributed by atoms with van der Waals surface area (Å²) in [7, 11) is 0. The Morgan fingerprint density at radius 3 is 2.59 bits per heavy atom. The van der Waals surface area contributed by atoms with Crippen molar-refractivity contribution in [1.82, 2.24) is 4.98 Å². The van der Waals surface area contributed by atoms with E-state index in [1.807, 2.05) is 17.5 Å². The fourth-order valence-corrected chi connectivity index (χ4v) is 4.71. The summed E-state index contributed by atoms with van der Waals surface area (Å²) in [6.45, 7) is 5.48. The molecule has 172 valence electrons. The van der Waals surface area contributed by atoms with Crippen molar-refractivity contribution >= 4 is 40.3 Å².